The van der Waals surface area contributed by atoms with Gasteiger partial charge in [0, 0.05) is 23.9 Å². The number of hydrogen-bond donors (Lipinski definition) is 1. The molecule has 1 N–H and O–H groups in total. The van der Waals surface area contributed by atoms with Gasteiger partial charge in [0.1, 0.15) is 5.78 Å². The van der Waals surface area contributed by atoms with E-state index < -0.39 is 0 Å². The van der Waals surface area contributed by atoms with Crippen molar-refractivity contribution < 1.29 is 9.90 Å². The van der Waals surface area contributed by atoms with E-state index in [-0.39, 0.29) is 10.8 Å². The number of Topliss-reactive ketones (excluding diaryl/α,β-unsaturated/α-hetero) is 1. The van der Waals surface area contributed by atoms with Crippen molar-refractivity contribution in [2.45, 2.75) is 64.7 Å². The second-order valence-corrected chi connectivity index (χ2v) is 9.24. The first-order chi connectivity index (χ1) is 10.1. The van der Waals surface area contributed by atoms with Gasteiger partial charge in [0.25, 0.3) is 0 Å². The summed E-state index contributed by atoms with van der Waals surface area (Å²) in [6, 6.07) is 0. The van der Waals surface area contributed by atoms with Crippen molar-refractivity contribution in [3.05, 3.63) is 0 Å². The van der Waals surface area contributed by atoms with Gasteiger partial charge in [-0.2, -0.15) is 0 Å². The molecule has 5 saturated carbocycles. The molecule has 5 fully saturated rings. The average Bonchev–Trinajstić information content (AvgIpc) is 2.98. The van der Waals surface area contributed by atoms with Crippen LogP contribution in [0.1, 0.15) is 64.7 Å². The maximum atomic E-state index is 12.4. The quantitative estimate of drug-likeness (QED) is 0.801. The number of aliphatic hydroxyl groups excluding tert-OH is 1. The van der Waals surface area contributed by atoms with Gasteiger partial charge in [-0.1, -0.05) is 6.92 Å². The van der Waals surface area contributed by atoms with Crippen molar-refractivity contribution in [3.8, 4) is 0 Å². The highest BCUT2D eigenvalue weighted by Gasteiger charge is 2.75. The molecule has 116 valence electrons. The molecule has 5 rings (SSSR count). The van der Waals surface area contributed by atoms with E-state index in [1.54, 1.807) is 0 Å². The first-order valence-corrected chi connectivity index (χ1v) is 9.22. The maximum Gasteiger partial charge on any atom is 0.139 e. The van der Waals surface area contributed by atoms with Crippen LogP contribution in [0.3, 0.4) is 0 Å². The Morgan fingerprint density at radius 2 is 1.95 bits per heavy atom. The highest BCUT2D eigenvalue weighted by molar-refractivity contribution is 5.87. The zero-order chi connectivity index (χ0) is 14.5. The minimum atomic E-state index is -0.0100. The minimum Gasteiger partial charge on any atom is -0.396 e. The van der Waals surface area contributed by atoms with Crippen LogP contribution in [0.15, 0.2) is 0 Å². The van der Waals surface area contributed by atoms with Crippen LogP contribution in [0.5, 0.6) is 0 Å². The molecule has 1 spiro atoms. The second kappa shape index (κ2) is 3.75. The summed E-state index contributed by atoms with van der Waals surface area (Å²) in [4.78, 5) is 12.4. The Hall–Kier alpha value is -0.370. The lowest BCUT2D eigenvalue weighted by Crippen LogP contribution is -2.54. The summed E-state index contributed by atoms with van der Waals surface area (Å²) < 4.78 is 0. The third-order valence-electron chi connectivity index (χ3n) is 9.22. The van der Waals surface area contributed by atoms with Gasteiger partial charge in [-0.3, -0.25) is 4.79 Å². The number of rotatable bonds is 1. The molecule has 0 amide bonds. The molecular formula is C19H28O2. The van der Waals surface area contributed by atoms with E-state index in [2.05, 4.69) is 6.92 Å². The number of aliphatic hydroxyl groups is 1. The highest BCUT2D eigenvalue weighted by Crippen LogP contribution is 2.81. The molecule has 0 saturated heterocycles. The third-order valence-corrected chi connectivity index (χ3v) is 9.22. The van der Waals surface area contributed by atoms with Crippen molar-refractivity contribution in [2.24, 2.45) is 39.9 Å². The average molecular weight is 288 g/mol. The van der Waals surface area contributed by atoms with E-state index in [9.17, 15) is 9.90 Å². The lowest BCUT2D eigenvalue weighted by molar-refractivity contribution is -0.143. The number of fused-ring (bicyclic) bond motifs is 4. The zero-order valence-corrected chi connectivity index (χ0v) is 13.2. The summed E-state index contributed by atoms with van der Waals surface area (Å²) in [5.74, 6) is 3.55. The van der Waals surface area contributed by atoms with Crippen LogP contribution in [-0.2, 0) is 4.79 Å². The summed E-state index contributed by atoms with van der Waals surface area (Å²) in [6.07, 6.45) is 11.0. The van der Waals surface area contributed by atoms with E-state index in [1.807, 2.05) is 0 Å². The monoisotopic (exact) mass is 288 g/mol. The van der Waals surface area contributed by atoms with Crippen LogP contribution in [0, 0.1) is 39.9 Å². The molecule has 5 aliphatic rings. The predicted molar refractivity (Wildman–Crippen MR) is 80.6 cm³/mol. The van der Waals surface area contributed by atoms with E-state index in [4.69, 9.17) is 0 Å². The molecule has 0 radical (unpaired) electrons. The molecule has 0 aliphatic heterocycles. The first kappa shape index (κ1) is 13.1. The van der Waals surface area contributed by atoms with Crippen LogP contribution in [0.2, 0.25) is 0 Å². The number of carbonyl (C=O) groups excluding carboxylic acids is 1. The van der Waals surface area contributed by atoms with Crippen molar-refractivity contribution in [1.29, 1.82) is 0 Å². The van der Waals surface area contributed by atoms with Gasteiger partial charge in [0.05, 0.1) is 0 Å². The summed E-state index contributed by atoms with van der Waals surface area (Å²) in [5.41, 5.74) is 0.761. The summed E-state index contributed by atoms with van der Waals surface area (Å²) in [5, 5.41) is 10.4. The Balaban J connectivity index is 1.55. The maximum absolute atomic E-state index is 12.4. The Morgan fingerprint density at radius 3 is 2.71 bits per heavy atom. The molecule has 2 heteroatoms. The molecule has 0 aromatic heterocycles. The van der Waals surface area contributed by atoms with Crippen molar-refractivity contribution >= 4 is 5.78 Å². The SMILES string of the molecule is C[C@]12CC[C@H]3[C@@H](CC[C@]45C[C@H]4CC[C@]35CO)[C@@H]1CCC2=O. The van der Waals surface area contributed by atoms with Crippen molar-refractivity contribution in [1.82, 2.24) is 0 Å². The number of carbonyl (C=O) groups is 1. The fourth-order valence-electron chi connectivity index (χ4n) is 8.08. The molecule has 0 unspecified atom stereocenters. The van der Waals surface area contributed by atoms with Crippen LogP contribution in [-0.4, -0.2) is 17.5 Å². The standard InChI is InChI=1S/C19H28O2/c1-17-7-6-15-13(14(17)2-3-16(17)21)5-9-18-10-12(18)4-8-19(15,18)11-20/h12-15,20H,2-11H2,1H3/t12-,13+,14+,15+,17+,18+,19+/m1/s1. The Kier molecular flexibility index (Phi) is 2.34. The number of ketones is 1. The van der Waals surface area contributed by atoms with E-state index in [1.165, 1.54) is 38.5 Å². The third kappa shape index (κ3) is 1.26. The molecule has 0 aromatic carbocycles. The Morgan fingerprint density at radius 1 is 1.10 bits per heavy atom. The Bertz CT molecular complexity index is 514. The molecule has 0 heterocycles. The minimum absolute atomic E-state index is 0.0100. The summed E-state index contributed by atoms with van der Waals surface area (Å²) in [7, 11) is 0. The van der Waals surface area contributed by atoms with Gasteiger partial charge < -0.3 is 5.11 Å². The molecular weight excluding hydrogens is 260 g/mol. The highest BCUT2D eigenvalue weighted by atomic mass is 16.3. The summed E-state index contributed by atoms with van der Waals surface area (Å²) in [6.45, 7) is 2.68. The first-order valence-electron chi connectivity index (χ1n) is 9.22. The lowest BCUT2D eigenvalue weighted by atomic mass is 9.46. The molecule has 5 aliphatic carbocycles. The zero-order valence-electron chi connectivity index (χ0n) is 13.2. The van der Waals surface area contributed by atoms with Crippen LogP contribution < -0.4 is 0 Å². The van der Waals surface area contributed by atoms with Crippen molar-refractivity contribution in [3.63, 3.8) is 0 Å². The molecule has 0 bridgehead atoms. The van der Waals surface area contributed by atoms with Gasteiger partial charge in [0.15, 0.2) is 0 Å². The van der Waals surface area contributed by atoms with E-state index in [0.29, 0.717) is 29.6 Å². The van der Waals surface area contributed by atoms with E-state index in [0.717, 1.165) is 31.1 Å². The molecule has 2 nitrogen and oxygen atoms in total. The van der Waals surface area contributed by atoms with Gasteiger partial charge in [-0.05, 0) is 80.5 Å². The topological polar surface area (TPSA) is 37.3 Å². The smallest absolute Gasteiger partial charge is 0.139 e. The molecule has 21 heavy (non-hydrogen) atoms. The van der Waals surface area contributed by atoms with Crippen molar-refractivity contribution in [2.75, 3.05) is 6.61 Å². The Labute approximate surface area is 127 Å². The van der Waals surface area contributed by atoms with Gasteiger partial charge in [-0.25, -0.2) is 0 Å². The predicted octanol–water partition coefficient (Wildman–Crippen LogP) is 3.57. The van der Waals surface area contributed by atoms with Gasteiger partial charge in [-0.15, -0.1) is 0 Å². The fraction of sp³-hybridized carbons (Fsp3) is 0.947. The molecule has 0 aromatic rings. The fourth-order valence-corrected chi connectivity index (χ4v) is 8.08. The van der Waals surface area contributed by atoms with Crippen LogP contribution in [0.25, 0.3) is 0 Å². The molecule has 7 atom stereocenters. The largest absolute Gasteiger partial charge is 0.396 e. The van der Waals surface area contributed by atoms with Crippen LogP contribution >= 0.6 is 0 Å². The van der Waals surface area contributed by atoms with Gasteiger partial charge >= 0.3 is 0 Å². The second-order valence-electron chi connectivity index (χ2n) is 9.24. The van der Waals surface area contributed by atoms with Gasteiger partial charge in [0.2, 0.25) is 0 Å². The van der Waals surface area contributed by atoms with Crippen LogP contribution in [0.4, 0.5) is 0 Å². The summed E-state index contributed by atoms with van der Waals surface area (Å²) >= 11 is 0. The number of hydrogen-bond acceptors (Lipinski definition) is 2. The normalized spacial score (nSPS) is 61.0. The van der Waals surface area contributed by atoms with E-state index >= 15 is 0 Å². The lowest BCUT2D eigenvalue weighted by Gasteiger charge is -2.58.